The van der Waals surface area contributed by atoms with E-state index >= 15 is 0 Å². The summed E-state index contributed by atoms with van der Waals surface area (Å²) in [6, 6.07) is 6.96. The summed E-state index contributed by atoms with van der Waals surface area (Å²) in [5, 5.41) is 0.470. The maximum Gasteiger partial charge on any atom is 0.417 e. The van der Waals surface area contributed by atoms with Gasteiger partial charge in [-0.15, -0.1) is 0 Å². The molecule has 5 nitrogen and oxygen atoms in total. The molecule has 172 valence electrons. The molecule has 0 atom stereocenters. The summed E-state index contributed by atoms with van der Waals surface area (Å²) in [5.74, 6) is -2.05. The van der Waals surface area contributed by atoms with Crippen molar-refractivity contribution < 1.29 is 22.4 Å². The van der Waals surface area contributed by atoms with Crippen molar-refractivity contribution >= 4 is 52.5 Å². The average molecular weight is 520 g/mol. The first-order valence-corrected chi connectivity index (χ1v) is 10.2. The highest BCUT2D eigenvalue weighted by Crippen LogP contribution is 2.35. The standard InChI is InChI=1S/C21H13Cl3F4N4O/c22-15-8-11(9-16(23)18(15)24)2-5-17(25)12-3-4-13(14(10-12)21(26,27)28)19(33)31-32-20-29-6-1-7-30-20/h1,3-10H,2H2,(H,31,33)(H,29,30,32)/b17-5-. The quantitative estimate of drug-likeness (QED) is 0.214. The zero-order chi connectivity index (χ0) is 24.2. The summed E-state index contributed by atoms with van der Waals surface area (Å²) in [5.41, 5.74) is 2.51. The van der Waals surface area contributed by atoms with Crippen molar-refractivity contribution in [3.05, 3.63) is 92.2 Å². The van der Waals surface area contributed by atoms with Crippen molar-refractivity contribution in [2.75, 3.05) is 5.43 Å². The molecule has 0 spiro atoms. The molecule has 0 aliphatic heterocycles. The third-order valence-corrected chi connectivity index (χ3v) is 5.46. The first-order chi connectivity index (χ1) is 15.6. The van der Waals surface area contributed by atoms with Gasteiger partial charge in [0.15, 0.2) is 0 Å². The fraction of sp³-hybridized carbons (Fsp3) is 0.0952. The number of aromatic nitrogens is 2. The van der Waals surface area contributed by atoms with Gasteiger partial charge in [-0.05, 0) is 48.4 Å². The molecule has 33 heavy (non-hydrogen) atoms. The Bertz CT molecular complexity index is 1180. The van der Waals surface area contributed by atoms with Gasteiger partial charge in [0, 0.05) is 18.0 Å². The molecule has 0 aliphatic carbocycles. The average Bonchev–Trinajstić information content (AvgIpc) is 2.79. The lowest BCUT2D eigenvalue weighted by Gasteiger charge is -2.14. The number of nitrogens with zero attached hydrogens (tertiary/aromatic N) is 2. The highest BCUT2D eigenvalue weighted by Gasteiger charge is 2.35. The van der Waals surface area contributed by atoms with Gasteiger partial charge in [0.1, 0.15) is 5.83 Å². The number of rotatable bonds is 6. The second-order valence-electron chi connectivity index (χ2n) is 6.54. The second kappa shape index (κ2) is 10.4. The fourth-order valence-electron chi connectivity index (χ4n) is 2.72. The topological polar surface area (TPSA) is 66.9 Å². The van der Waals surface area contributed by atoms with E-state index in [1.165, 1.54) is 30.6 Å². The van der Waals surface area contributed by atoms with E-state index in [-0.39, 0.29) is 33.0 Å². The fourth-order valence-corrected chi connectivity index (χ4v) is 3.36. The third-order valence-electron chi connectivity index (χ3n) is 4.26. The predicted octanol–water partition coefficient (Wildman–Crippen LogP) is 6.77. The van der Waals surface area contributed by atoms with Crippen molar-refractivity contribution in [1.82, 2.24) is 15.4 Å². The lowest BCUT2D eigenvalue weighted by atomic mass is 10.0. The van der Waals surface area contributed by atoms with E-state index in [1.807, 2.05) is 0 Å². The normalized spacial score (nSPS) is 11.9. The van der Waals surface area contributed by atoms with E-state index in [1.54, 1.807) is 0 Å². The summed E-state index contributed by atoms with van der Waals surface area (Å²) in [4.78, 5) is 19.8. The van der Waals surface area contributed by atoms with Crippen LogP contribution in [-0.2, 0) is 12.6 Å². The van der Waals surface area contributed by atoms with E-state index in [2.05, 4.69) is 20.8 Å². The number of hydrogen-bond donors (Lipinski definition) is 2. The lowest BCUT2D eigenvalue weighted by molar-refractivity contribution is -0.137. The van der Waals surface area contributed by atoms with Crippen molar-refractivity contribution in [1.29, 1.82) is 0 Å². The van der Waals surface area contributed by atoms with Gasteiger partial charge in [-0.2, -0.15) is 13.2 Å². The Hall–Kier alpha value is -2.88. The number of nitrogens with one attached hydrogen (secondary N) is 2. The van der Waals surface area contributed by atoms with Crippen molar-refractivity contribution in [3.63, 3.8) is 0 Å². The van der Waals surface area contributed by atoms with E-state index in [9.17, 15) is 22.4 Å². The molecular weight excluding hydrogens is 507 g/mol. The number of hydrazine groups is 1. The summed E-state index contributed by atoms with van der Waals surface area (Å²) < 4.78 is 55.4. The lowest BCUT2D eigenvalue weighted by Crippen LogP contribution is -2.32. The maximum absolute atomic E-state index is 14.6. The van der Waals surface area contributed by atoms with Crippen LogP contribution in [0.5, 0.6) is 0 Å². The Morgan fingerprint density at radius 3 is 2.27 bits per heavy atom. The smallest absolute Gasteiger partial charge is 0.267 e. The maximum atomic E-state index is 14.6. The van der Waals surface area contributed by atoms with Gasteiger partial charge in [0.05, 0.1) is 26.2 Å². The zero-order valence-electron chi connectivity index (χ0n) is 16.4. The molecule has 0 saturated heterocycles. The highest BCUT2D eigenvalue weighted by atomic mass is 35.5. The van der Waals surface area contributed by atoms with Crippen LogP contribution in [0.2, 0.25) is 15.1 Å². The SMILES string of the molecule is O=C(NNc1ncccn1)c1ccc(/C(F)=C/Cc2cc(Cl)c(Cl)c(Cl)c2)cc1C(F)(F)F. The molecule has 0 fully saturated rings. The molecule has 3 aromatic rings. The van der Waals surface area contributed by atoms with Gasteiger partial charge >= 0.3 is 6.18 Å². The molecule has 0 unspecified atom stereocenters. The van der Waals surface area contributed by atoms with E-state index in [0.717, 1.165) is 18.2 Å². The Labute approximate surface area is 200 Å². The Morgan fingerprint density at radius 2 is 1.67 bits per heavy atom. The van der Waals surface area contributed by atoms with Gasteiger partial charge in [0.2, 0.25) is 5.95 Å². The molecule has 2 aromatic carbocycles. The molecule has 12 heteroatoms. The van der Waals surface area contributed by atoms with Crippen LogP contribution >= 0.6 is 34.8 Å². The number of benzene rings is 2. The molecule has 1 heterocycles. The van der Waals surface area contributed by atoms with Crippen LogP contribution < -0.4 is 10.9 Å². The van der Waals surface area contributed by atoms with Crippen LogP contribution in [0.15, 0.2) is 54.9 Å². The highest BCUT2D eigenvalue weighted by molar-refractivity contribution is 6.48. The number of halogens is 7. The molecule has 1 aromatic heterocycles. The van der Waals surface area contributed by atoms with E-state index < -0.39 is 29.0 Å². The number of amides is 1. The monoisotopic (exact) mass is 518 g/mol. The Balaban J connectivity index is 1.83. The molecular formula is C21H13Cl3F4N4O. The summed E-state index contributed by atoms with van der Waals surface area (Å²) in [6.45, 7) is 0. The number of anilines is 1. The molecule has 0 aliphatic rings. The van der Waals surface area contributed by atoms with Crippen LogP contribution in [0.1, 0.15) is 27.0 Å². The largest absolute Gasteiger partial charge is 0.417 e. The first-order valence-electron chi connectivity index (χ1n) is 9.10. The summed E-state index contributed by atoms with van der Waals surface area (Å²) in [6.07, 6.45) is -1.10. The van der Waals surface area contributed by atoms with Crippen molar-refractivity contribution in [2.24, 2.45) is 0 Å². The number of hydrogen-bond acceptors (Lipinski definition) is 4. The zero-order valence-corrected chi connectivity index (χ0v) is 18.6. The van der Waals surface area contributed by atoms with Crippen molar-refractivity contribution in [3.8, 4) is 0 Å². The third kappa shape index (κ3) is 6.34. The Morgan fingerprint density at radius 1 is 1.03 bits per heavy atom. The molecule has 2 N–H and O–H groups in total. The van der Waals surface area contributed by atoms with Crippen LogP contribution in [0.25, 0.3) is 5.83 Å². The molecule has 0 radical (unpaired) electrons. The predicted molar refractivity (Wildman–Crippen MR) is 119 cm³/mol. The summed E-state index contributed by atoms with van der Waals surface area (Å²) >= 11 is 17.7. The molecule has 3 rings (SSSR count). The summed E-state index contributed by atoms with van der Waals surface area (Å²) in [7, 11) is 0. The number of allylic oxidation sites excluding steroid dienone is 1. The Kier molecular flexibility index (Phi) is 7.78. The van der Waals surface area contributed by atoms with Gasteiger partial charge in [-0.1, -0.05) is 40.9 Å². The molecule has 1 amide bonds. The van der Waals surface area contributed by atoms with E-state index in [0.29, 0.717) is 11.6 Å². The van der Waals surface area contributed by atoms with Gasteiger partial charge in [0.25, 0.3) is 5.91 Å². The van der Waals surface area contributed by atoms with Crippen LogP contribution in [0.4, 0.5) is 23.5 Å². The molecule has 0 bridgehead atoms. The first kappa shape index (κ1) is 24.8. The minimum Gasteiger partial charge on any atom is -0.267 e. The minimum absolute atomic E-state index is 0.00692. The van der Waals surface area contributed by atoms with Gasteiger partial charge in [-0.25, -0.2) is 14.4 Å². The van der Waals surface area contributed by atoms with Crippen molar-refractivity contribution in [2.45, 2.75) is 12.6 Å². The number of carbonyl (C=O) groups is 1. The van der Waals surface area contributed by atoms with Gasteiger partial charge < -0.3 is 0 Å². The van der Waals surface area contributed by atoms with Crippen LogP contribution in [0, 0.1) is 0 Å². The van der Waals surface area contributed by atoms with Crippen LogP contribution in [0.3, 0.4) is 0 Å². The molecule has 0 saturated carbocycles. The van der Waals surface area contributed by atoms with E-state index in [4.69, 9.17) is 34.8 Å². The second-order valence-corrected chi connectivity index (χ2v) is 7.73. The number of carbonyl (C=O) groups excluding carboxylic acids is 1. The number of alkyl halides is 3. The van der Waals surface area contributed by atoms with Gasteiger partial charge in [-0.3, -0.25) is 15.6 Å². The minimum atomic E-state index is -4.91. The van der Waals surface area contributed by atoms with Crippen LogP contribution in [-0.4, -0.2) is 15.9 Å².